The monoisotopic (exact) mass is 419 g/mol. The number of likely N-dealkylation sites (tertiary alicyclic amines) is 1. The maximum Gasteiger partial charge on any atom is 0.295 e. The second-order valence-electron chi connectivity index (χ2n) is 5.78. The van der Waals surface area contributed by atoms with Crippen LogP contribution in [0.4, 0.5) is 4.39 Å². The number of nitrogens with zero attached hydrogens (tertiary/aromatic N) is 1. The normalized spacial score (nSPS) is 19.2. The van der Waals surface area contributed by atoms with Crippen molar-refractivity contribution in [3.05, 3.63) is 75.5 Å². The number of aliphatic hydroxyl groups excluding tert-OH is 2. The van der Waals surface area contributed by atoms with Gasteiger partial charge in [0.15, 0.2) is 0 Å². The highest BCUT2D eigenvalue weighted by molar-refractivity contribution is 9.10. The number of ketones is 1. The Morgan fingerprint density at radius 2 is 1.85 bits per heavy atom. The van der Waals surface area contributed by atoms with Crippen molar-refractivity contribution in [1.29, 1.82) is 0 Å². The van der Waals surface area contributed by atoms with Crippen molar-refractivity contribution in [2.24, 2.45) is 0 Å². The Hall–Kier alpha value is -2.51. The summed E-state index contributed by atoms with van der Waals surface area (Å²) in [5.41, 5.74) is 0.573. The first-order chi connectivity index (χ1) is 12.4. The van der Waals surface area contributed by atoms with Gasteiger partial charge in [-0.2, -0.15) is 0 Å². The third-order valence-corrected chi connectivity index (χ3v) is 4.69. The van der Waals surface area contributed by atoms with Gasteiger partial charge in [-0.1, -0.05) is 40.2 Å². The number of rotatable bonds is 4. The second-order valence-corrected chi connectivity index (χ2v) is 6.69. The van der Waals surface area contributed by atoms with Gasteiger partial charge in [-0.15, -0.1) is 0 Å². The van der Waals surface area contributed by atoms with Crippen molar-refractivity contribution >= 4 is 33.4 Å². The predicted molar refractivity (Wildman–Crippen MR) is 96.6 cm³/mol. The van der Waals surface area contributed by atoms with Gasteiger partial charge in [0.2, 0.25) is 0 Å². The minimum atomic E-state index is -0.971. The third kappa shape index (κ3) is 3.27. The molecule has 2 N–H and O–H groups in total. The third-order valence-electron chi connectivity index (χ3n) is 4.16. The number of carbonyl (C=O) groups is 2. The van der Waals surface area contributed by atoms with E-state index in [4.69, 9.17) is 0 Å². The number of aliphatic hydroxyl groups is 2. The maximum absolute atomic E-state index is 13.7. The highest BCUT2D eigenvalue weighted by Gasteiger charge is 2.45. The lowest BCUT2D eigenvalue weighted by atomic mass is 9.95. The number of hydrogen-bond donors (Lipinski definition) is 2. The zero-order valence-electron chi connectivity index (χ0n) is 13.5. The van der Waals surface area contributed by atoms with Crippen LogP contribution in [0.5, 0.6) is 0 Å². The SMILES string of the molecule is O=C1C(=O)N(CCO)[C@H](c2cccc(F)c2)/C1=C(\O)c1ccc(Br)cc1. The highest BCUT2D eigenvalue weighted by atomic mass is 79.9. The summed E-state index contributed by atoms with van der Waals surface area (Å²) in [6, 6.07) is 11.1. The highest BCUT2D eigenvalue weighted by Crippen LogP contribution is 2.39. The summed E-state index contributed by atoms with van der Waals surface area (Å²) in [7, 11) is 0. The molecule has 26 heavy (non-hydrogen) atoms. The van der Waals surface area contributed by atoms with E-state index >= 15 is 0 Å². The van der Waals surface area contributed by atoms with Gasteiger partial charge in [-0.3, -0.25) is 9.59 Å². The molecule has 7 heteroatoms. The average molecular weight is 420 g/mol. The molecule has 0 saturated carbocycles. The predicted octanol–water partition coefficient (Wildman–Crippen LogP) is 3.00. The molecule has 1 fully saturated rings. The molecule has 3 rings (SSSR count). The molecule has 2 aromatic carbocycles. The lowest BCUT2D eigenvalue weighted by Gasteiger charge is -2.24. The molecule has 0 radical (unpaired) electrons. The zero-order valence-corrected chi connectivity index (χ0v) is 15.1. The molecular formula is C19H15BrFNO4. The lowest BCUT2D eigenvalue weighted by molar-refractivity contribution is -0.140. The van der Waals surface area contributed by atoms with Gasteiger partial charge in [0.1, 0.15) is 11.6 Å². The van der Waals surface area contributed by atoms with Crippen LogP contribution in [-0.2, 0) is 9.59 Å². The maximum atomic E-state index is 13.7. The van der Waals surface area contributed by atoms with E-state index in [0.29, 0.717) is 11.1 Å². The number of benzene rings is 2. The van der Waals surface area contributed by atoms with Crippen LogP contribution >= 0.6 is 15.9 Å². The van der Waals surface area contributed by atoms with Gasteiger partial charge in [-0.25, -0.2) is 4.39 Å². The molecular weight excluding hydrogens is 405 g/mol. The fraction of sp³-hybridized carbons (Fsp3) is 0.158. The first-order valence-corrected chi connectivity index (χ1v) is 8.64. The van der Waals surface area contributed by atoms with E-state index < -0.39 is 23.5 Å². The fourth-order valence-corrected chi connectivity index (χ4v) is 3.27. The Balaban J connectivity index is 2.19. The molecule has 0 spiro atoms. The van der Waals surface area contributed by atoms with E-state index in [1.165, 1.54) is 18.2 Å². The van der Waals surface area contributed by atoms with Crippen LogP contribution in [0, 0.1) is 5.82 Å². The fourth-order valence-electron chi connectivity index (χ4n) is 3.00. The van der Waals surface area contributed by atoms with Crippen LogP contribution in [0.2, 0.25) is 0 Å². The van der Waals surface area contributed by atoms with Crippen molar-refractivity contribution in [2.75, 3.05) is 13.2 Å². The van der Waals surface area contributed by atoms with E-state index in [1.807, 2.05) is 0 Å². The summed E-state index contributed by atoms with van der Waals surface area (Å²) in [6.07, 6.45) is 0. The smallest absolute Gasteiger partial charge is 0.295 e. The van der Waals surface area contributed by atoms with E-state index in [-0.39, 0.29) is 24.5 Å². The average Bonchev–Trinajstić information content (AvgIpc) is 2.87. The van der Waals surface area contributed by atoms with Crippen LogP contribution in [0.3, 0.4) is 0 Å². The Morgan fingerprint density at radius 1 is 1.15 bits per heavy atom. The van der Waals surface area contributed by atoms with Gasteiger partial charge < -0.3 is 15.1 Å². The molecule has 0 unspecified atom stereocenters. The number of Topliss-reactive ketones (excluding diaryl/α,β-unsaturated/α-hetero) is 1. The van der Waals surface area contributed by atoms with Crippen molar-refractivity contribution < 1.29 is 24.2 Å². The van der Waals surface area contributed by atoms with Crippen LogP contribution in [0.15, 0.2) is 58.6 Å². The van der Waals surface area contributed by atoms with Gasteiger partial charge >= 0.3 is 0 Å². The molecule has 2 aromatic rings. The van der Waals surface area contributed by atoms with Crippen LogP contribution in [0.25, 0.3) is 5.76 Å². The second kappa shape index (κ2) is 7.39. The molecule has 134 valence electrons. The summed E-state index contributed by atoms with van der Waals surface area (Å²) in [4.78, 5) is 26.1. The molecule has 1 amide bonds. The molecule has 1 saturated heterocycles. The van der Waals surface area contributed by atoms with Crippen LogP contribution in [-0.4, -0.2) is 40.0 Å². The minimum Gasteiger partial charge on any atom is -0.507 e. The van der Waals surface area contributed by atoms with E-state index in [2.05, 4.69) is 15.9 Å². The molecule has 0 bridgehead atoms. The molecule has 0 aromatic heterocycles. The van der Waals surface area contributed by atoms with Crippen molar-refractivity contribution in [1.82, 2.24) is 4.90 Å². The first-order valence-electron chi connectivity index (χ1n) is 7.84. The van der Waals surface area contributed by atoms with E-state index in [1.54, 1.807) is 30.3 Å². The van der Waals surface area contributed by atoms with Gasteiger partial charge in [0.05, 0.1) is 18.2 Å². The summed E-state index contributed by atoms with van der Waals surface area (Å²) in [6.45, 7) is -0.472. The van der Waals surface area contributed by atoms with E-state index in [9.17, 15) is 24.2 Å². The molecule has 1 aliphatic rings. The molecule has 0 aliphatic carbocycles. The zero-order chi connectivity index (χ0) is 18.8. The van der Waals surface area contributed by atoms with Gasteiger partial charge in [0, 0.05) is 16.6 Å². The quantitative estimate of drug-likeness (QED) is 0.453. The summed E-state index contributed by atoms with van der Waals surface area (Å²) >= 11 is 3.29. The summed E-state index contributed by atoms with van der Waals surface area (Å²) in [5.74, 6) is -2.58. The molecule has 5 nitrogen and oxygen atoms in total. The molecule has 1 aliphatic heterocycles. The number of carbonyl (C=O) groups excluding carboxylic acids is 2. The molecule has 1 atom stereocenters. The summed E-state index contributed by atoms with van der Waals surface area (Å²) in [5, 5.41) is 20.0. The van der Waals surface area contributed by atoms with Crippen LogP contribution < -0.4 is 0 Å². The van der Waals surface area contributed by atoms with Crippen molar-refractivity contribution in [2.45, 2.75) is 6.04 Å². The first kappa shape index (κ1) is 18.3. The van der Waals surface area contributed by atoms with E-state index in [0.717, 1.165) is 9.37 Å². The van der Waals surface area contributed by atoms with Crippen molar-refractivity contribution in [3.63, 3.8) is 0 Å². The largest absolute Gasteiger partial charge is 0.507 e. The number of hydrogen-bond acceptors (Lipinski definition) is 4. The van der Waals surface area contributed by atoms with Gasteiger partial charge in [0.25, 0.3) is 11.7 Å². The minimum absolute atomic E-state index is 0.108. The number of amides is 1. The Bertz CT molecular complexity index is 895. The molecule has 1 heterocycles. The Morgan fingerprint density at radius 3 is 2.46 bits per heavy atom. The number of halogens is 2. The number of β-amino-alcohol motifs (C(OH)–C–C–N with tert-alkyl or cyclic N) is 1. The summed E-state index contributed by atoms with van der Waals surface area (Å²) < 4.78 is 14.5. The standard InChI is InChI=1S/C19H15BrFNO4/c20-13-6-4-11(5-7-13)17(24)15-16(12-2-1-3-14(21)10-12)22(8-9-23)19(26)18(15)25/h1-7,10,16,23-24H,8-9H2/b17-15+/t16-/m1/s1. The van der Waals surface area contributed by atoms with Gasteiger partial charge in [-0.05, 0) is 29.8 Å². The van der Waals surface area contributed by atoms with Crippen molar-refractivity contribution in [3.8, 4) is 0 Å². The van der Waals surface area contributed by atoms with Crippen LogP contribution in [0.1, 0.15) is 17.2 Å². The Labute approximate surface area is 157 Å². The topological polar surface area (TPSA) is 77.8 Å². The lowest BCUT2D eigenvalue weighted by Crippen LogP contribution is -2.32. The Kier molecular flexibility index (Phi) is 5.20.